The number of rotatable bonds is 3. The van der Waals surface area contributed by atoms with Crippen LogP contribution < -0.4 is 5.32 Å². The molecule has 2 aromatic rings. The van der Waals surface area contributed by atoms with Gasteiger partial charge >= 0.3 is 0 Å². The van der Waals surface area contributed by atoms with Crippen molar-refractivity contribution in [3.05, 3.63) is 26.3 Å². The van der Waals surface area contributed by atoms with Crippen molar-refractivity contribution in [1.82, 2.24) is 15.2 Å². The van der Waals surface area contributed by atoms with Crippen LogP contribution in [-0.4, -0.2) is 36.1 Å². The van der Waals surface area contributed by atoms with Crippen LogP contribution in [0.2, 0.25) is 0 Å². The zero-order valence-electron chi connectivity index (χ0n) is 9.86. The molecule has 0 aliphatic carbocycles. The van der Waals surface area contributed by atoms with Gasteiger partial charge in [-0.05, 0) is 28.1 Å². The molecule has 1 fully saturated rings. The van der Waals surface area contributed by atoms with E-state index in [1.165, 1.54) is 9.88 Å². The van der Waals surface area contributed by atoms with Crippen molar-refractivity contribution in [2.24, 2.45) is 0 Å². The summed E-state index contributed by atoms with van der Waals surface area (Å²) in [6.45, 7) is 5.42. The standard InChI is InChI=1S/C12H14BrN3S2/c13-11-2-1-10(18-11)9-8-17-12(15-9)7-16-5-3-14-4-6-16/h1-2,8,14H,3-7H2. The second-order valence-electron chi connectivity index (χ2n) is 4.26. The lowest BCUT2D eigenvalue weighted by Crippen LogP contribution is -2.42. The molecule has 1 saturated heterocycles. The summed E-state index contributed by atoms with van der Waals surface area (Å²) in [6.07, 6.45) is 0. The highest BCUT2D eigenvalue weighted by atomic mass is 79.9. The van der Waals surface area contributed by atoms with Crippen molar-refractivity contribution < 1.29 is 0 Å². The lowest BCUT2D eigenvalue weighted by Gasteiger charge is -2.26. The summed E-state index contributed by atoms with van der Waals surface area (Å²) in [5.74, 6) is 0. The average Bonchev–Trinajstić information content (AvgIpc) is 2.99. The van der Waals surface area contributed by atoms with Crippen LogP contribution >= 0.6 is 38.6 Å². The van der Waals surface area contributed by atoms with Crippen LogP contribution in [0.25, 0.3) is 10.6 Å². The first-order valence-electron chi connectivity index (χ1n) is 5.94. The summed E-state index contributed by atoms with van der Waals surface area (Å²) >= 11 is 7.00. The van der Waals surface area contributed by atoms with E-state index < -0.39 is 0 Å². The van der Waals surface area contributed by atoms with Gasteiger partial charge in [0.25, 0.3) is 0 Å². The number of halogens is 1. The maximum atomic E-state index is 4.73. The topological polar surface area (TPSA) is 28.2 Å². The zero-order valence-corrected chi connectivity index (χ0v) is 13.1. The summed E-state index contributed by atoms with van der Waals surface area (Å²) < 4.78 is 1.16. The molecule has 3 heterocycles. The first kappa shape index (κ1) is 12.7. The average molecular weight is 344 g/mol. The molecule has 3 rings (SSSR count). The highest BCUT2D eigenvalue weighted by Gasteiger charge is 2.13. The molecular formula is C12H14BrN3S2. The third-order valence-corrected chi connectivity index (χ3v) is 5.43. The Hall–Kier alpha value is -0.270. The summed E-state index contributed by atoms with van der Waals surface area (Å²) in [4.78, 5) is 8.44. The highest BCUT2D eigenvalue weighted by Crippen LogP contribution is 2.32. The van der Waals surface area contributed by atoms with Gasteiger partial charge < -0.3 is 5.32 Å². The lowest BCUT2D eigenvalue weighted by atomic mass is 10.3. The minimum absolute atomic E-state index is 0.985. The number of hydrogen-bond acceptors (Lipinski definition) is 5. The Morgan fingerprint density at radius 2 is 2.17 bits per heavy atom. The van der Waals surface area contributed by atoms with Crippen molar-refractivity contribution in [3.8, 4) is 10.6 Å². The van der Waals surface area contributed by atoms with Gasteiger partial charge in [-0.2, -0.15) is 0 Å². The predicted octanol–water partition coefficient (Wildman–Crippen LogP) is 3.04. The number of nitrogens with zero attached hydrogens (tertiary/aromatic N) is 2. The summed E-state index contributed by atoms with van der Waals surface area (Å²) in [7, 11) is 0. The third-order valence-electron chi connectivity index (χ3n) is 2.95. The van der Waals surface area contributed by atoms with E-state index in [2.05, 4.69) is 43.7 Å². The van der Waals surface area contributed by atoms with E-state index in [-0.39, 0.29) is 0 Å². The zero-order chi connectivity index (χ0) is 12.4. The van der Waals surface area contributed by atoms with Gasteiger partial charge in [-0.25, -0.2) is 4.98 Å². The van der Waals surface area contributed by atoms with E-state index in [1.54, 1.807) is 22.7 Å². The first-order valence-corrected chi connectivity index (χ1v) is 8.43. The van der Waals surface area contributed by atoms with Crippen molar-refractivity contribution in [2.45, 2.75) is 6.54 Å². The quantitative estimate of drug-likeness (QED) is 0.928. The molecule has 2 aromatic heterocycles. The SMILES string of the molecule is Brc1ccc(-c2csc(CN3CCNCC3)n2)s1. The van der Waals surface area contributed by atoms with E-state index >= 15 is 0 Å². The van der Waals surface area contributed by atoms with Gasteiger partial charge in [-0.1, -0.05) is 0 Å². The molecule has 3 nitrogen and oxygen atoms in total. The smallest absolute Gasteiger partial charge is 0.107 e. The molecule has 1 aliphatic rings. The molecule has 0 bridgehead atoms. The normalized spacial score (nSPS) is 17.2. The van der Waals surface area contributed by atoms with Crippen LogP contribution in [0.4, 0.5) is 0 Å². The minimum Gasteiger partial charge on any atom is -0.314 e. The van der Waals surface area contributed by atoms with Gasteiger partial charge in [-0.3, -0.25) is 4.90 Å². The maximum Gasteiger partial charge on any atom is 0.107 e. The van der Waals surface area contributed by atoms with Crippen LogP contribution in [0.5, 0.6) is 0 Å². The van der Waals surface area contributed by atoms with Gasteiger partial charge in [0.05, 0.1) is 20.9 Å². The van der Waals surface area contributed by atoms with Gasteiger partial charge in [0.2, 0.25) is 0 Å². The molecule has 0 unspecified atom stereocenters. The van der Waals surface area contributed by atoms with Crippen molar-refractivity contribution in [2.75, 3.05) is 26.2 Å². The Bertz CT molecular complexity index is 517. The lowest BCUT2D eigenvalue weighted by molar-refractivity contribution is 0.233. The molecule has 1 aliphatic heterocycles. The van der Waals surface area contributed by atoms with Crippen LogP contribution in [0.15, 0.2) is 21.3 Å². The molecule has 18 heavy (non-hydrogen) atoms. The van der Waals surface area contributed by atoms with E-state index in [9.17, 15) is 0 Å². The highest BCUT2D eigenvalue weighted by molar-refractivity contribution is 9.11. The predicted molar refractivity (Wildman–Crippen MR) is 81.3 cm³/mol. The molecule has 1 N–H and O–H groups in total. The van der Waals surface area contributed by atoms with E-state index in [0.29, 0.717) is 0 Å². The van der Waals surface area contributed by atoms with Crippen molar-refractivity contribution in [1.29, 1.82) is 0 Å². The number of thiophene rings is 1. The molecule has 0 amide bonds. The molecule has 0 spiro atoms. The van der Waals surface area contributed by atoms with Crippen molar-refractivity contribution >= 4 is 38.6 Å². The molecular weight excluding hydrogens is 330 g/mol. The third kappa shape index (κ3) is 3.00. The molecule has 6 heteroatoms. The van der Waals surface area contributed by atoms with Gasteiger partial charge in [0.1, 0.15) is 5.01 Å². The molecule has 0 saturated carbocycles. The Kier molecular flexibility index (Phi) is 4.10. The number of thiazole rings is 1. The molecule has 0 radical (unpaired) electrons. The fourth-order valence-corrected chi connectivity index (χ4v) is 4.27. The number of hydrogen-bond donors (Lipinski definition) is 1. The van der Waals surface area contributed by atoms with Gasteiger partial charge in [-0.15, -0.1) is 22.7 Å². The summed E-state index contributed by atoms with van der Waals surface area (Å²) in [5, 5.41) is 6.75. The second-order valence-corrected chi connectivity index (χ2v) is 7.66. The Morgan fingerprint density at radius 1 is 1.33 bits per heavy atom. The Labute approximate surface area is 123 Å². The fraction of sp³-hybridized carbons (Fsp3) is 0.417. The monoisotopic (exact) mass is 343 g/mol. The molecule has 96 valence electrons. The van der Waals surface area contributed by atoms with Gasteiger partial charge in [0, 0.05) is 31.6 Å². The maximum absolute atomic E-state index is 4.73. The van der Waals surface area contributed by atoms with Crippen LogP contribution in [0.3, 0.4) is 0 Å². The Morgan fingerprint density at radius 3 is 2.89 bits per heavy atom. The van der Waals surface area contributed by atoms with E-state index in [4.69, 9.17) is 4.98 Å². The summed E-state index contributed by atoms with van der Waals surface area (Å²) in [5.41, 5.74) is 1.11. The van der Waals surface area contributed by atoms with Crippen molar-refractivity contribution in [3.63, 3.8) is 0 Å². The second kappa shape index (κ2) is 5.79. The first-order chi connectivity index (χ1) is 8.81. The Balaban J connectivity index is 1.69. The van der Waals surface area contributed by atoms with E-state index in [1.807, 2.05) is 0 Å². The summed E-state index contributed by atoms with van der Waals surface area (Å²) in [6, 6.07) is 4.20. The minimum atomic E-state index is 0.985. The van der Waals surface area contributed by atoms with E-state index in [0.717, 1.165) is 42.2 Å². The van der Waals surface area contributed by atoms with Crippen LogP contribution in [0.1, 0.15) is 5.01 Å². The fourth-order valence-electron chi connectivity index (χ4n) is 2.01. The molecule has 0 atom stereocenters. The largest absolute Gasteiger partial charge is 0.314 e. The number of aromatic nitrogens is 1. The van der Waals surface area contributed by atoms with Crippen LogP contribution in [0, 0.1) is 0 Å². The van der Waals surface area contributed by atoms with Gasteiger partial charge in [0.15, 0.2) is 0 Å². The number of nitrogens with one attached hydrogen (secondary N) is 1. The van der Waals surface area contributed by atoms with Crippen LogP contribution in [-0.2, 0) is 6.54 Å². The molecule has 0 aromatic carbocycles. The number of piperazine rings is 1.